The van der Waals surface area contributed by atoms with Gasteiger partial charge in [-0.25, -0.2) is 8.42 Å². The van der Waals surface area contributed by atoms with Crippen molar-refractivity contribution in [2.45, 2.75) is 17.4 Å². The number of carboxylic acid groups (broad SMARTS) is 1. The van der Waals surface area contributed by atoms with E-state index in [2.05, 4.69) is 14.8 Å². The summed E-state index contributed by atoms with van der Waals surface area (Å²) < 4.78 is 31.1. The Bertz CT molecular complexity index is 685. The van der Waals surface area contributed by atoms with Crippen LogP contribution in [0.2, 0.25) is 0 Å². The first-order chi connectivity index (χ1) is 9.83. The Morgan fingerprint density at radius 2 is 2.24 bits per heavy atom. The topological polar surface area (TPSA) is 122 Å². The van der Waals surface area contributed by atoms with Crippen LogP contribution < -0.4 is 10.0 Å². The van der Waals surface area contributed by atoms with Gasteiger partial charge in [0.1, 0.15) is 6.04 Å². The lowest BCUT2D eigenvalue weighted by atomic mass is 10.2. The number of hydrogen-bond donors (Lipinski definition) is 3. The van der Waals surface area contributed by atoms with Crippen LogP contribution in [0.15, 0.2) is 23.1 Å². The van der Waals surface area contributed by atoms with E-state index in [0.717, 1.165) is 0 Å². The second-order valence-electron chi connectivity index (χ2n) is 4.51. The molecule has 114 valence electrons. The fourth-order valence-electron chi connectivity index (χ4n) is 1.95. The number of amides is 1. The van der Waals surface area contributed by atoms with Crippen LogP contribution in [0.4, 0.5) is 5.69 Å². The zero-order valence-corrected chi connectivity index (χ0v) is 11.9. The molecule has 1 aromatic carbocycles. The van der Waals surface area contributed by atoms with Crippen LogP contribution in [0.5, 0.6) is 0 Å². The van der Waals surface area contributed by atoms with Gasteiger partial charge >= 0.3 is 5.97 Å². The Labute approximate surface area is 121 Å². The summed E-state index contributed by atoms with van der Waals surface area (Å²) >= 11 is 0. The average Bonchev–Trinajstić information content (AvgIpc) is 2.76. The minimum atomic E-state index is -4.02. The third-order valence-electron chi connectivity index (χ3n) is 2.94. The highest BCUT2D eigenvalue weighted by Gasteiger charge is 2.27. The lowest BCUT2D eigenvalue weighted by Gasteiger charge is -2.14. The highest BCUT2D eigenvalue weighted by Crippen LogP contribution is 2.25. The van der Waals surface area contributed by atoms with Crippen LogP contribution in [0.25, 0.3) is 0 Å². The molecule has 1 unspecified atom stereocenters. The fourth-order valence-corrected chi connectivity index (χ4v) is 3.17. The second kappa shape index (κ2) is 5.80. The van der Waals surface area contributed by atoms with Crippen LogP contribution in [0.3, 0.4) is 0 Å². The van der Waals surface area contributed by atoms with E-state index in [1.165, 1.54) is 25.3 Å². The molecule has 0 spiro atoms. The molecule has 1 atom stereocenters. The number of carbonyl (C=O) groups is 2. The molecule has 1 aromatic rings. The molecule has 1 amide bonds. The zero-order chi connectivity index (χ0) is 15.6. The number of anilines is 1. The molecule has 1 aliphatic heterocycles. The molecular formula is C12H14N2O6S. The van der Waals surface area contributed by atoms with Gasteiger partial charge in [0.15, 0.2) is 0 Å². The first kappa shape index (κ1) is 15.4. The van der Waals surface area contributed by atoms with Gasteiger partial charge in [0, 0.05) is 12.8 Å². The zero-order valence-electron chi connectivity index (χ0n) is 11.1. The Balaban J connectivity index is 2.26. The predicted octanol–water partition coefficient (Wildman–Crippen LogP) is -0.441. The van der Waals surface area contributed by atoms with E-state index in [9.17, 15) is 18.0 Å². The van der Waals surface area contributed by atoms with E-state index in [-0.39, 0.29) is 23.8 Å². The maximum absolute atomic E-state index is 12.2. The Hall–Kier alpha value is -1.97. The number of fused-ring (bicyclic) bond motifs is 1. The summed E-state index contributed by atoms with van der Waals surface area (Å²) in [5.41, 5.74) is 1.12. The number of sulfonamides is 1. The third-order valence-corrected chi connectivity index (χ3v) is 4.41. The van der Waals surface area contributed by atoms with Gasteiger partial charge in [0.2, 0.25) is 15.9 Å². The van der Waals surface area contributed by atoms with Crippen molar-refractivity contribution in [3.63, 3.8) is 0 Å². The number of carbonyl (C=O) groups excluding carboxylic acids is 1. The summed E-state index contributed by atoms with van der Waals surface area (Å²) in [4.78, 5) is 22.1. The van der Waals surface area contributed by atoms with Gasteiger partial charge in [0.25, 0.3) is 0 Å². The molecule has 0 fully saturated rings. The lowest BCUT2D eigenvalue weighted by Crippen LogP contribution is -2.43. The van der Waals surface area contributed by atoms with Gasteiger partial charge in [-0.2, -0.15) is 4.72 Å². The normalized spacial score (nSPS) is 15.4. The molecule has 0 saturated carbocycles. The van der Waals surface area contributed by atoms with Gasteiger partial charge in [-0.3, -0.25) is 9.59 Å². The Morgan fingerprint density at radius 1 is 1.52 bits per heavy atom. The van der Waals surface area contributed by atoms with Gasteiger partial charge < -0.3 is 15.2 Å². The fraction of sp³-hybridized carbons (Fsp3) is 0.333. The van der Waals surface area contributed by atoms with Crippen LogP contribution in [-0.2, 0) is 30.8 Å². The smallest absolute Gasteiger partial charge is 0.324 e. The van der Waals surface area contributed by atoms with Crippen LogP contribution in [0, 0.1) is 0 Å². The summed E-state index contributed by atoms with van der Waals surface area (Å²) in [5, 5.41) is 11.5. The number of aliphatic carboxylic acids is 1. The summed E-state index contributed by atoms with van der Waals surface area (Å²) in [6, 6.07) is 2.74. The summed E-state index contributed by atoms with van der Waals surface area (Å²) in [6.45, 7) is -0.292. The SMILES string of the molecule is COCC(NS(=O)(=O)c1ccc2c(c1)CC(=O)N2)C(=O)O. The molecule has 1 aliphatic rings. The first-order valence-electron chi connectivity index (χ1n) is 6.00. The Morgan fingerprint density at radius 3 is 2.86 bits per heavy atom. The molecule has 2 rings (SSSR count). The molecular weight excluding hydrogens is 300 g/mol. The maximum Gasteiger partial charge on any atom is 0.324 e. The standard InChI is InChI=1S/C12H14N2O6S/c1-20-6-10(12(16)17)14-21(18,19)8-2-3-9-7(4-8)5-11(15)13-9/h2-4,10,14H,5-6H2,1H3,(H,13,15)(H,16,17). The predicted molar refractivity (Wildman–Crippen MR) is 72.4 cm³/mol. The number of carboxylic acids is 1. The van der Waals surface area contributed by atoms with Crippen LogP contribution in [-0.4, -0.2) is 45.2 Å². The molecule has 0 saturated heterocycles. The minimum Gasteiger partial charge on any atom is -0.480 e. The van der Waals surface area contributed by atoms with Gasteiger partial charge in [-0.05, 0) is 23.8 Å². The number of benzene rings is 1. The van der Waals surface area contributed by atoms with Crippen molar-refractivity contribution in [1.82, 2.24) is 4.72 Å². The molecule has 21 heavy (non-hydrogen) atoms. The van der Waals surface area contributed by atoms with E-state index in [0.29, 0.717) is 11.3 Å². The van der Waals surface area contributed by atoms with E-state index < -0.39 is 22.0 Å². The van der Waals surface area contributed by atoms with Crippen molar-refractivity contribution in [1.29, 1.82) is 0 Å². The molecule has 0 aromatic heterocycles. The maximum atomic E-state index is 12.2. The summed E-state index contributed by atoms with van der Waals surface area (Å²) in [7, 11) is -2.74. The molecule has 0 bridgehead atoms. The van der Waals surface area contributed by atoms with Crippen LogP contribution >= 0.6 is 0 Å². The second-order valence-corrected chi connectivity index (χ2v) is 6.23. The Kier molecular flexibility index (Phi) is 4.26. The highest BCUT2D eigenvalue weighted by atomic mass is 32.2. The molecule has 0 aliphatic carbocycles. The average molecular weight is 314 g/mol. The number of nitrogens with one attached hydrogen (secondary N) is 2. The molecule has 1 heterocycles. The monoisotopic (exact) mass is 314 g/mol. The van der Waals surface area contributed by atoms with Crippen molar-refractivity contribution in [3.8, 4) is 0 Å². The van der Waals surface area contributed by atoms with E-state index in [1.54, 1.807) is 0 Å². The number of hydrogen-bond acceptors (Lipinski definition) is 5. The summed E-state index contributed by atoms with van der Waals surface area (Å²) in [6.07, 6.45) is 0.0964. The minimum absolute atomic E-state index is 0.0964. The molecule has 0 radical (unpaired) electrons. The number of rotatable bonds is 6. The van der Waals surface area contributed by atoms with Crippen molar-refractivity contribution < 1.29 is 27.9 Å². The number of methoxy groups -OCH3 is 1. The van der Waals surface area contributed by atoms with Crippen LogP contribution in [0.1, 0.15) is 5.56 Å². The van der Waals surface area contributed by atoms with Crippen molar-refractivity contribution in [2.75, 3.05) is 19.0 Å². The van der Waals surface area contributed by atoms with Gasteiger partial charge in [-0.1, -0.05) is 0 Å². The molecule has 3 N–H and O–H groups in total. The van der Waals surface area contributed by atoms with Crippen molar-refractivity contribution >= 4 is 27.6 Å². The largest absolute Gasteiger partial charge is 0.480 e. The highest BCUT2D eigenvalue weighted by molar-refractivity contribution is 7.89. The third kappa shape index (κ3) is 3.38. The lowest BCUT2D eigenvalue weighted by molar-refractivity contribution is -0.140. The van der Waals surface area contributed by atoms with Gasteiger partial charge in [0.05, 0.1) is 17.9 Å². The summed E-state index contributed by atoms with van der Waals surface area (Å²) in [5.74, 6) is -1.55. The molecule has 8 nitrogen and oxygen atoms in total. The van der Waals surface area contributed by atoms with E-state index >= 15 is 0 Å². The van der Waals surface area contributed by atoms with Crippen molar-refractivity contribution in [2.24, 2.45) is 0 Å². The van der Waals surface area contributed by atoms with E-state index in [1.807, 2.05) is 0 Å². The van der Waals surface area contributed by atoms with Crippen molar-refractivity contribution in [3.05, 3.63) is 23.8 Å². The van der Waals surface area contributed by atoms with E-state index in [4.69, 9.17) is 5.11 Å². The number of ether oxygens (including phenoxy) is 1. The van der Waals surface area contributed by atoms with Gasteiger partial charge in [-0.15, -0.1) is 0 Å². The quantitative estimate of drug-likeness (QED) is 0.654. The molecule has 9 heteroatoms. The first-order valence-corrected chi connectivity index (χ1v) is 7.48.